The Bertz CT molecular complexity index is 1540. The molecule has 7 N–H and O–H groups in total. The summed E-state index contributed by atoms with van der Waals surface area (Å²) in [6, 6.07) is -0.680. The molecule has 0 aliphatic rings. The van der Waals surface area contributed by atoms with Crippen LogP contribution >= 0.6 is 0 Å². The zero-order valence-corrected chi connectivity index (χ0v) is 34.2. The number of unbranched alkanes of at least 4 members (excludes halogenated alkanes) is 14. The number of fused-ring (bicyclic) bond motifs is 1. The number of hydrogen-bond acceptors (Lipinski definition) is 11. The van der Waals surface area contributed by atoms with E-state index in [1.807, 2.05) is 13.8 Å². The van der Waals surface area contributed by atoms with Crippen molar-refractivity contribution in [2.45, 2.75) is 161 Å². The summed E-state index contributed by atoms with van der Waals surface area (Å²) in [6.07, 6.45) is 12.1. The average Bonchev–Trinajstić information content (AvgIpc) is 3.54. The van der Waals surface area contributed by atoms with Crippen molar-refractivity contribution in [3.63, 3.8) is 0 Å². The topological polar surface area (TPSA) is 243 Å². The monoisotopic (exact) mass is 860 g/mol. The highest BCUT2D eigenvalue weighted by Gasteiger charge is 2.39. The van der Waals surface area contributed by atoms with Crippen molar-refractivity contribution < 1.29 is 65.2 Å². The largest absolute Gasteiger partial charge is 0.490 e. The number of rotatable bonds is 26. The van der Waals surface area contributed by atoms with E-state index in [-0.39, 0.29) is 42.5 Å². The minimum absolute atomic E-state index is 0.00938. The van der Waals surface area contributed by atoms with Crippen molar-refractivity contribution >= 4 is 41.0 Å². The highest BCUT2D eigenvalue weighted by molar-refractivity contribution is 5.75. The van der Waals surface area contributed by atoms with Gasteiger partial charge in [-0.1, -0.05) is 111 Å². The van der Waals surface area contributed by atoms with Crippen LogP contribution in [0.4, 0.5) is 32.3 Å². The first-order valence-electron chi connectivity index (χ1n) is 20.0. The van der Waals surface area contributed by atoms with Gasteiger partial charge in [-0.3, -0.25) is 19.4 Å². The van der Waals surface area contributed by atoms with Crippen molar-refractivity contribution in [1.82, 2.24) is 19.5 Å². The molecule has 0 aromatic carbocycles. The van der Waals surface area contributed by atoms with Crippen LogP contribution in [0, 0.1) is 11.8 Å². The van der Waals surface area contributed by atoms with Crippen molar-refractivity contribution in [3.05, 3.63) is 16.7 Å². The summed E-state index contributed by atoms with van der Waals surface area (Å²) < 4.78 is 76.2. The molecule has 59 heavy (non-hydrogen) atoms. The number of carbonyl (C=O) groups excluding carboxylic acids is 2. The number of imidazole rings is 1. The van der Waals surface area contributed by atoms with Crippen LogP contribution in [0.5, 0.6) is 0 Å². The van der Waals surface area contributed by atoms with E-state index in [0.29, 0.717) is 31.5 Å². The molecule has 0 amide bonds. The summed E-state index contributed by atoms with van der Waals surface area (Å²) in [5.41, 5.74) is 11.8. The average molecular weight is 861 g/mol. The smallest absolute Gasteiger partial charge is 0.475 e. The fourth-order valence-corrected chi connectivity index (χ4v) is 5.46. The number of ether oxygens (including phenoxy) is 2. The Morgan fingerprint density at radius 3 is 1.63 bits per heavy atom. The fraction of sp³-hybridized carbons (Fsp3) is 0.763. The van der Waals surface area contributed by atoms with Crippen LogP contribution in [0.2, 0.25) is 0 Å². The summed E-state index contributed by atoms with van der Waals surface area (Å²) in [5.74, 6) is -6.19. The molecule has 2 aromatic heterocycles. The van der Waals surface area contributed by atoms with Gasteiger partial charge in [0.25, 0.3) is 5.56 Å². The third-order valence-electron chi connectivity index (χ3n) is 8.97. The number of alkyl halides is 6. The summed E-state index contributed by atoms with van der Waals surface area (Å²) >= 11 is 0. The van der Waals surface area contributed by atoms with Gasteiger partial charge in [0.1, 0.15) is 6.04 Å². The molecule has 0 fully saturated rings. The van der Waals surface area contributed by atoms with Gasteiger partial charge < -0.3 is 35.7 Å². The first kappa shape index (κ1) is 54.6. The van der Waals surface area contributed by atoms with Crippen LogP contribution in [0.3, 0.4) is 0 Å². The van der Waals surface area contributed by atoms with Gasteiger partial charge in [-0.2, -0.15) is 31.3 Å². The predicted molar refractivity (Wildman–Crippen MR) is 207 cm³/mol. The molecular weight excluding hydrogens is 798 g/mol. The van der Waals surface area contributed by atoms with Crippen LogP contribution in [0.1, 0.15) is 136 Å². The third kappa shape index (κ3) is 26.3. The van der Waals surface area contributed by atoms with E-state index >= 15 is 0 Å². The van der Waals surface area contributed by atoms with E-state index in [1.165, 1.54) is 77.0 Å². The van der Waals surface area contributed by atoms with Gasteiger partial charge in [-0.15, -0.1) is 0 Å². The molecule has 15 nitrogen and oxygen atoms in total. The van der Waals surface area contributed by atoms with Crippen LogP contribution in [-0.4, -0.2) is 85.2 Å². The molecule has 0 saturated carbocycles. The summed E-state index contributed by atoms with van der Waals surface area (Å²) in [5, 5.41) is 14.2. The van der Waals surface area contributed by atoms with Gasteiger partial charge in [-0.25, -0.2) is 14.6 Å². The molecule has 2 heterocycles. The second kappa shape index (κ2) is 29.7. The number of nitrogens with zero attached hydrogens (tertiary/aromatic N) is 3. The Balaban J connectivity index is 0.00000204. The van der Waals surface area contributed by atoms with E-state index in [1.54, 1.807) is 10.9 Å². The quantitative estimate of drug-likeness (QED) is 0.0346. The zero-order valence-electron chi connectivity index (χ0n) is 34.2. The Morgan fingerprint density at radius 1 is 0.780 bits per heavy atom. The number of carbonyl (C=O) groups is 4. The molecule has 0 spiro atoms. The van der Waals surface area contributed by atoms with Crippen molar-refractivity contribution in [2.75, 3.05) is 18.9 Å². The Labute approximate surface area is 340 Å². The highest BCUT2D eigenvalue weighted by Crippen LogP contribution is 2.18. The maximum Gasteiger partial charge on any atom is 0.490 e. The number of H-pyrrole nitrogens is 1. The first-order chi connectivity index (χ1) is 27.6. The number of aromatic amines is 1. The molecule has 0 bridgehead atoms. The second-order valence-corrected chi connectivity index (χ2v) is 14.4. The van der Waals surface area contributed by atoms with Gasteiger partial charge in [0, 0.05) is 13.0 Å². The minimum Gasteiger partial charge on any atom is -0.475 e. The number of nitrogens with one attached hydrogen (secondary N) is 1. The number of anilines is 1. The summed E-state index contributed by atoms with van der Waals surface area (Å²) in [7, 11) is 0. The van der Waals surface area contributed by atoms with Crippen LogP contribution in [-0.2, 0) is 35.2 Å². The van der Waals surface area contributed by atoms with Crippen molar-refractivity contribution in [3.8, 4) is 0 Å². The molecule has 0 saturated heterocycles. The molecule has 2 rings (SSSR count). The lowest BCUT2D eigenvalue weighted by Crippen LogP contribution is -2.37. The van der Waals surface area contributed by atoms with Gasteiger partial charge >= 0.3 is 36.2 Å². The Hall–Kier alpha value is -4.43. The van der Waals surface area contributed by atoms with Crippen molar-refractivity contribution in [2.24, 2.45) is 17.6 Å². The number of hydrogen-bond donors (Lipinski definition) is 5. The van der Waals surface area contributed by atoms with Crippen molar-refractivity contribution in [1.29, 1.82) is 0 Å². The zero-order chi connectivity index (χ0) is 45.0. The van der Waals surface area contributed by atoms with E-state index in [2.05, 4.69) is 21.9 Å². The van der Waals surface area contributed by atoms with Gasteiger partial charge in [-0.05, 0) is 31.1 Å². The van der Waals surface area contributed by atoms with Gasteiger partial charge in [0.15, 0.2) is 11.2 Å². The maximum atomic E-state index is 12.4. The molecule has 2 atom stereocenters. The van der Waals surface area contributed by atoms with E-state index in [0.717, 1.165) is 19.3 Å². The lowest BCUT2D eigenvalue weighted by Gasteiger charge is -2.19. The minimum atomic E-state index is -5.08. The highest BCUT2D eigenvalue weighted by atomic mass is 19.4. The van der Waals surface area contributed by atoms with Crippen LogP contribution in [0.15, 0.2) is 11.1 Å². The van der Waals surface area contributed by atoms with Crippen LogP contribution in [0.25, 0.3) is 11.2 Å². The number of nitrogen functional groups attached to an aromatic ring is 1. The molecular formula is C38H62F6N6O9. The molecule has 0 aliphatic heterocycles. The maximum absolute atomic E-state index is 12.4. The molecule has 0 radical (unpaired) electrons. The predicted octanol–water partition coefficient (Wildman–Crippen LogP) is 7.70. The molecule has 0 unspecified atom stereocenters. The normalized spacial score (nSPS) is 12.5. The number of aliphatic carboxylic acids is 2. The lowest BCUT2D eigenvalue weighted by molar-refractivity contribution is -0.193. The number of aromatic nitrogens is 4. The number of esters is 2. The summed E-state index contributed by atoms with van der Waals surface area (Å²) in [4.78, 5) is 65.4. The van der Waals surface area contributed by atoms with Gasteiger partial charge in [0.2, 0.25) is 5.95 Å². The Morgan fingerprint density at radius 2 is 1.20 bits per heavy atom. The second-order valence-electron chi connectivity index (χ2n) is 14.4. The lowest BCUT2D eigenvalue weighted by atomic mass is 10.0. The van der Waals surface area contributed by atoms with Gasteiger partial charge in [0.05, 0.1) is 19.5 Å². The van der Waals surface area contributed by atoms with E-state index in [4.69, 9.17) is 40.7 Å². The first-order valence-corrected chi connectivity index (χ1v) is 20.0. The van der Waals surface area contributed by atoms with E-state index in [9.17, 15) is 40.7 Å². The number of halogens is 6. The number of carboxylic acid groups (broad SMARTS) is 2. The third-order valence-corrected chi connectivity index (χ3v) is 8.97. The van der Waals surface area contributed by atoms with E-state index < -0.39 is 41.9 Å². The molecule has 2 aromatic rings. The number of nitrogens with two attached hydrogens (primary N) is 2. The molecule has 340 valence electrons. The fourth-order valence-electron chi connectivity index (χ4n) is 5.46. The SMILES string of the molecule is CCCCCCCCCCCCCCCCCC(=O)OCC[C@H](CCOC(=O)[C@@H](N)C(C)C)Cn1cnc2c(=O)[nH]c(N)nc21.O=C(O)C(F)(F)F.O=C(O)C(F)(F)F. The molecule has 0 aliphatic carbocycles. The number of carboxylic acids is 2. The van der Waals surface area contributed by atoms with Crippen LogP contribution < -0.4 is 17.0 Å². The standard InChI is InChI=1S/C34H60N6O5.2C2HF3O2/c1-4-5-6-7-8-9-10-11-12-13-14-15-16-17-18-19-28(41)44-22-20-27(21-23-45-33(43)29(35)26(2)3)24-40-25-37-30-31(40)38-34(36)39-32(30)42;2*3-2(4,5)1(6)7/h25-27,29H,4-24,35H2,1-3H3,(H3,36,38,39,42);2*(H,6,7)/t27-,29+;;/m1../s1. The summed E-state index contributed by atoms with van der Waals surface area (Å²) in [6.45, 7) is 6.88. The molecule has 21 heteroatoms. The Kier molecular flexibility index (Phi) is 27.5.